The van der Waals surface area contributed by atoms with Crippen molar-refractivity contribution in [2.75, 3.05) is 26.4 Å². The lowest BCUT2D eigenvalue weighted by Gasteiger charge is -2.29. The fourth-order valence-electron chi connectivity index (χ4n) is 1.50. The molecule has 0 aromatic carbocycles. The third-order valence-corrected chi connectivity index (χ3v) is 2.45. The smallest absolute Gasteiger partial charge is 0.220 e. The van der Waals surface area contributed by atoms with E-state index in [1.807, 2.05) is 27.7 Å². The topological polar surface area (TPSA) is 47.6 Å². The van der Waals surface area contributed by atoms with Crippen LogP contribution in [0.15, 0.2) is 0 Å². The molecule has 1 amide bonds. The minimum atomic E-state index is -0.325. The van der Waals surface area contributed by atoms with Crippen molar-refractivity contribution < 1.29 is 14.3 Å². The molecule has 0 saturated carbocycles. The zero-order valence-electron chi connectivity index (χ0n) is 12.8. The lowest BCUT2D eigenvalue weighted by Crippen LogP contribution is -2.47. The van der Waals surface area contributed by atoms with Gasteiger partial charge in [-0.3, -0.25) is 4.79 Å². The average Bonchev–Trinajstić information content (AvgIpc) is 2.25. The number of rotatable bonds is 9. The Morgan fingerprint density at radius 2 is 1.56 bits per heavy atom. The largest absolute Gasteiger partial charge is 0.381 e. The maximum Gasteiger partial charge on any atom is 0.220 e. The normalized spacial score (nSPS) is 12.6. The second-order valence-corrected chi connectivity index (χ2v) is 6.08. The van der Waals surface area contributed by atoms with Gasteiger partial charge in [-0.1, -0.05) is 20.8 Å². The monoisotopic (exact) mass is 259 g/mol. The molecule has 0 heterocycles. The fourth-order valence-corrected chi connectivity index (χ4v) is 1.50. The summed E-state index contributed by atoms with van der Waals surface area (Å²) >= 11 is 0. The van der Waals surface area contributed by atoms with Crippen LogP contribution in [0.4, 0.5) is 0 Å². The first-order valence-corrected chi connectivity index (χ1v) is 6.69. The Bertz CT molecular complexity index is 249. The Balaban J connectivity index is 3.97. The molecule has 0 fully saturated rings. The highest BCUT2D eigenvalue weighted by Gasteiger charge is 2.23. The molecular weight excluding hydrogens is 230 g/mol. The van der Waals surface area contributed by atoms with Gasteiger partial charge < -0.3 is 14.8 Å². The first-order chi connectivity index (χ1) is 8.22. The van der Waals surface area contributed by atoms with E-state index in [1.165, 1.54) is 0 Å². The number of ether oxygens (including phenoxy) is 2. The van der Waals surface area contributed by atoms with Gasteiger partial charge in [-0.15, -0.1) is 0 Å². The lowest BCUT2D eigenvalue weighted by molar-refractivity contribution is -0.123. The molecule has 0 atom stereocenters. The molecule has 0 bridgehead atoms. The van der Waals surface area contributed by atoms with Gasteiger partial charge in [0.2, 0.25) is 5.91 Å². The third-order valence-electron chi connectivity index (χ3n) is 2.45. The van der Waals surface area contributed by atoms with Gasteiger partial charge >= 0.3 is 0 Å². The van der Waals surface area contributed by atoms with E-state index < -0.39 is 0 Å². The van der Waals surface area contributed by atoms with E-state index in [9.17, 15) is 4.79 Å². The van der Waals surface area contributed by atoms with Gasteiger partial charge in [0.25, 0.3) is 0 Å². The van der Waals surface area contributed by atoms with Crippen molar-refractivity contribution in [3.8, 4) is 0 Å². The van der Waals surface area contributed by atoms with Crippen molar-refractivity contribution in [3.05, 3.63) is 0 Å². The van der Waals surface area contributed by atoms with Crippen LogP contribution in [0.5, 0.6) is 0 Å². The summed E-state index contributed by atoms with van der Waals surface area (Å²) in [5, 5.41) is 2.94. The molecule has 108 valence electrons. The highest BCUT2D eigenvalue weighted by molar-refractivity contribution is 5.76. The van der Waals surface area contributed by atoms with Crippen molar-refractivity contribution in [1.29, 1.82) is 0 Å². The summed E-state index contributed by atoms with van der Waals surface area (Å²) in [4.78, 5) is 11.3. The van der Waals surface area contributed by atoms with E-state index in [4.69, 9.17) is 9.47 Å². The summed E-state index contributed by atoms with van der Waals surface area (Å²) in [6, 6.07) is 0. The van der Waals surface area contributed by atoms with Crippen LogP contribution in [0.2, 0.25) is 0 Å². The van der Waals surface area contributed by atoms with Crippen LogP contribution >= 0.6 is 0 Å². The van der Waals surface area contributed by atoms with Crippen LogP contribution in [-0.2, 0) is 14.3 Å². The molecule has 0 unspecified atom stereocenters. The predicted octanol–water partition coefficient (Wildman–Crippen LogP) is 2.37. The predicted molar refractivity (Wildman–Crippen MR) is 73.6 cm³/mol. The lowest BCUT2D eigenvalue weighted by atomic mass is 9.96. The molecule has 4 heteroatoms. The first-order valence-electron chi connectivity index (χ1n) is 6.69. The molecule has 0 radical (unpaired) electrons. The zero-order chi connectivity index (χ0) is 14.2. The Morgan fingerprint density at radius 3 is 2.06 bits per heavy atom. The number of nitrogens with one attached hydrogen (secondary N) is 1. The van der Waals surface area contributed by atoms with Crippen LogP contribution < -0.4 is 5.32 Å². The van der Waals surface area contributed by atoms with Crippen molar-refractivity contribution in [1.82, 2.24) is 5.32 Å². The number of carbonyl (C=O) groups is 1. The maximum absolute atomic E-state index is 11.3. The molecule has 0 aliphatic rings. The van der Waals surface area contributed by atoms with E-state index in [1.54, 1.807) is 0 Å². The second-order valence-electron chi connectivity index (χ2n) is 6.08. The first kappa shape index (κ1) is 17.4. The summed E-state index contributed by atoms with van der Waals surface area (Å²) < 4.78 is 11.1. The van der Waals surface area contributed by atoms with Crippen molar-refractivity contribution in [3.63, 3.8) is 0 Å². The number of hydrogen-bond donors (Lipinski definition) is 1. The van der Waals surface area contributed by atoms with E-state index in [2.05, 4.69) is 19.2 Å². The molecule has 4 nitrogen and oxygen atoms in total. The molecular formula is C14H29NO3. The van der Waals surface area contributed by atoms with Gasteiger partial charge in [-0.05, 0) is 20.8 Å². The molecule has 1 N–H and O–H groups in total. The van der Waals surface area contributed by atoms with Crippen LogP contribution in [-0.4, -0.2) is 37.9 Å². The standard InChI is InChI=1S/C14H29NO3/c1-7-12(16)15-14(5,6)11-18-10-13(3,4)9-17-8-2/h7-11H2,1-6H3,(H,15,16). The van der Waals surface area contributed by atoms with Crippen LogP contribution in [0.3, 0.4) is 0 Å². The minimum Gasteiger partial charge on any atom is -0.381 e. The quantitative estimate of drug-likeness (QED) is 0.691. The zero-order valence-corrected chi connectivity index (χ0v) is 12.8. The maximum atomic E-state index is 11.3. The van der Waals surface area contributed by atoms with Gasteiger partial charge in [-0.25, -0.2) is 0 Å². The van der Waals surface area contributed by atoms with E-state index in [0.29, 0.717) is 26.2 Å². The molecule has 0 spiro atoms. The van der Waals surface area contributed by atoms with Crippen LogP contribution in [0.25, 0.3) is 0 Å². The van der Waals surface area contributed by atoms with Crippen molar-refractivity contribution in [2.45, 2.75) is 53.5 Å². The highest BCUT2D eigenvalue weighted by atomic mass is 16.5. The number of carbonyl (C=O) groups excluding carboxylic acids is 1. The molecule has 0 aromatic heterocycles. The van der Waals surface area contributed by atoms with Gasteiger partial charge in [0, 0.05) is 18.4 Å². The SMILES string of the molecule is CCOCC(C)(C)COCC(C)(C)NC(=O)CC. The van der Waals surface area contributed by atoms with Crippen LogP contribution in [0.1, 0.15) is 48.0 Å². The van der Waals surface area contributed by atoms with E-state index >= 15 is 0 Å². The van der Waals surface area contributed by atoms with Crippen molar-refractivity contribution in [2.24, 2.45) is 5.41 Å². The molecule has 0 rings (SSSR count). The Morgan fingerprint density at radius 1 is 1.00 bits per heavy atom. The summed E-state index contributed by atoms with van der Waals surface area (Å²) in [5.74, 6) is 0.0529. The van der Waals surface area contributed by atoms with Gasteiger partial charge in [0.05, 0.1) is 25.4 Å². The molecule has 0 aliphatic carbocycles. The summed E-state index contributed by atoms with van der Waals surface area (Å²) in [6.07, 6.45) is 0.499. The summed E-state index contributed by atoms with van der Waals surface area (Å²) in [7, 11) is 0. The Labute approximate surface area is 111 Å². The van der Waals surface area contributed by atoms with Gasteiger partial charge in [-0.2, -0.15) is 0 Å². The third kappa shape index (κ3) is 8.48. The van der Waals surface area contributed by atoms with Crippen molar-refractivity contribution >= 4 is 5.91 Å². The molecule has 18 heavy (non-hydrogen) atoms. The molecule has 0 aliphatic heterocycles. The fraction of sp³-hybridized carbons (Fsp3) is 0.929. The minimum absolute atomic E-state index is 0.000848. The summed E-state index contributed by atoms with van der Waals surface area (Å²) in [6.45, 7) is 14.5. The molecule has 0 aromatic rings. The van der Waals surface area contributed by atoms with Gasteiger partial charge in [0.1, 0.15) is 0 Å². The van der Waals surface area contributed by atoms with Crippen LogP contribution in [0, 0.1) is 5.41 Å². The van der Waals surface area contributed by atoms with Gasteiger partial charge in [0.15, 0.2) is 0 Å². The molecule has 0 saturated heterocycles. The summed E-state index contributed by atoms with van der Waals surface area (Å²) in [5.41, 5.74) is -0.324. The van der Waals surface area contributed by atoms with E-state index in [-0.39, 0.29) is 16.9 Å². The number of amides is 1. The highest BCUT2D eigenvalue weighted by Crippen LogP contribution is 2.17. The second kappa shape index (κ2) is 7.74. The Hall–Kier alpha value is -0.610. The van der Waals surface area contributed by atoms with E-state index in [0.717, 1.165) is 6.61 Å². The average molecular weight is 259 g/mol. The number of hydrogen-bond acceptors (Lipinski definition) is 3. The Kier molecular flexibility index (Phi) is 7.48.